The second-order valence-corrected chi connectivity index (χ2v) is 4.66. The molecule has 0 radical (unpaired) electrons. The molecule has 1 atom stereocenters. The zero-order valence-corrected chi connectivity index (χ0v) is 10.7. The summed E-state index contributed by atoms with van der Waals surface area (Å²) in [6, 6.07) is 8.25. The normalized spacial score (nSPS) is 16.7. The molecule has 0 bridgehead atoms. The highest BCUT2D eigenvalue weighted by Gasteiger charge is 2.23. The Morgan fingerprint density at radius 3 is 2.95 bits per heavy atom. The summed E-state index contributed by atoms with van der Waals surface area (Å²) < 4.78 is 4.54. The molecule has 19 heavy (non-hydrogen) atoms. The third-order valence-corrected chi connectivity index (χ3v) is 3.36. The fraction of sp³-hybridized carbons (Fsp3) is 0.429. The maximum atomic E-state index is 11.8. The summed E-state index contributed by atoms with van der Waals surface area (Å²) in [6.07, 6.45) is 1.72. The smallest absolute Gasteiger partial charge is 0.404 e. The van der Waals surface area contributed by atoms with Crippen LogP contribution in [0.1, 0.15) is 29.9 Å². The van der Waals surface area contributed by atoms with Crippen LogP contribution in [0.2, 0.25) is 0 Å². The second kappa shape index (κ2) is 6.22. The molecule has 1 aliphatic carbocycles. The Morgan fingerprint density at radius 1 is 1.37 bits per heavy atom. The van der Waals surface area contributed by atoms with E-state index in [1.807, 2.05) is 12.1 Å². The van der Waals surface area contributed by atoms with Crippen molar-refractivity contribution >= 4 is 12.0 Å². The van der Waals surface area contributed by atoms with Crippen LogP contribution in [0, 0.1) is 0 Å². The summed E-state index contributed by atoms with van der Waals surface area (Å²) >= 11 is 0. The van der Waals surface area contributed by atoms with Gasteiger partial charge in [-0.05, 0) is 29.9 Å². The number of benzene rings is 1. The molecule has 0 spiro atoms. The minimum absolute atomic E-state index is 0.0187. The third-order valence-electron chi connectivity index (χ3n) is 3.36. The number of hydrogen-bond donors (Lipinski definition) is 2. The zero-order chi connectivity index (χ0) is 13.7. The van der Waals surface area contributed by atoms with Crippen molar-refractivity contribution in [3.05, 3.63) is 35.4 Å². The Bertz CT molecular complexity index is 474. The van der Waals surface area contributed by atoms with E-state index in [1.165, 1.54) is 11.1 Å². The number of hydrogen-bond acceptors (Lipinski definition) is 3. The molecular weight excluding hydrogens is 244 g/mol. The van der Waals surface area contributed by atoms with Gasteiger partial charge in [0.2, 0.25) is 5.91 Å². The van der Waals surface area contributed by atoms with E-state index in [9.17, 15) is 9.59 Å². The Balaban J connectivity index is 1.76. The Kier molecular flexibility index (Phi) is 4.39. The van der Waals surface area contributed by atoms with E-state index in [2.05, 4.69) is 22.2 Å². The first-order chi connectivity index (χ1) is 9.16. The van der Waals surface area contributed by atoms with Crippen LogP contribution in [0.5, 0.6) is 0 Å². The molecule has 102 valence electrons. The molecule has 2 rings (SSSR count). The fourth-order valence-corrected chi connectivity index (χ4v) is 2.50. The van der Waals surface area contributed by atoms with Gasteiger partial charge in [0.05, 0.1) is 6.54 Å². The van der Waals surface area contributed by atoms with E-state index >= 15 is 0 Å². The molecule has 2 amide bonds. The Labute approximate surface area is 112 Å². The number of carbonyl (C=O) groups is 2. The first kappa shape index (κ1) is 13.4. The van der Waals surface area contributed by atoms with Crippen molar-refractivity contribution < 1.29 is 14.3 Å². The van der Waals surface area contributed by atoms with E-state index in [0.29, 0.717) is 18.9 Å². The molecule has 5 heteroatoms. The standard InChI is InChI=1S/C14H18N2O3/c15-14(18)19-8-7-16-13(17)9-11-6-5-10-3-1-2-4-12(10)11/h1-4,11H,5-9H2,(H2,15,18)(H,16,17)/t11-/m1/s1. The van der Waals surface area contributed by atoms with Crippen LogP contribution < -0.4 is 11.1 Å². The summed E-state index contributed by atoms with van der Waals surface area (Å²) in [6.45, 7) is 0.415. The maximum Gasteiger partial charge on any atom is 0.404 e. The van der Waals surface area contributed by atoms with E-state index in [1.54, 1.807) is 0 Å². The van der Waals surface area contributed by atoms with Crippen LogP contribution in [0.15, 0.2) is 24.3 Å². The van der Waals surface area contributed by atoms with Gasteiger partial charge in [0.15, 0.2) is 0 Å². The van der Waals surface area contributed by atoms with E-state index < -0.39 is 6.09 Å². The molecule has 1 aromatic carbocycles. The van der Waals surface area contributed by atoms with Crippen molar-refractivity contribution in [2.75, 3.05) is 13.2 Å². The quantitative estimate of drug-likeness (QED) is 0.785. The maximum absolute atomic E-state index is 11.8. The molecule has 0 fully saturated rings. The van der Waals surface area contributed by atoms with Crippen molar-refractivity contribution in [3.63, 3.8) is 0 Å². The lowest BCUT2D eigenvalue weighted by Gasteiger charge is -2.11. The predicted molar refractivity (Wildman–Crippen MR) is 70.7 cm³/mol. The van der Waals surface area contributed by atoms with Crippen LogP contribution in [-0.2, 0) is 16.0 Å². The number of carbonyl (C=O) groups excluding carboxylic acids is 2. The van der Waals surface area contributed by atoms with Crippen molar-refractivity contribution in [3.8, 4) is 0 Å². The molecule has 0 unspecified atom stereocenters. The van der Waals surface area contributed by atoms with Crippen molar-refractivity contribution in [1.82, 2.24) is 5.32 Å². The van der Waals surface area contributed by atoms with Crippen molar-refractivity contribution in [2.24, 2.45) is 5.73 Å². The van der Waals surface area contributed by atoms with Crippen molar-refractivity contribution in [2.45, 2.75) is 25.2 Å². The largest absolute Gasteiger partial charge is 0.448 e. The fourth-order valence-electron chi connectivity index (χ4n) is 2.50. The number of rotatable bonds is 5. The molecule has 3 N–H and O–H groups in total. The van der Waals surface area contributed by atoms with Crippen molar-refractivity contribution in [1.29, 1.82) is 0 Å². The minimum atomic E-state index is -0.820. The highest BCUT2D eigenvalue weighted by atomic mass is 16.5. The highest BCUT2D eigenvalue weighted by molar-refractivity contribution is 5.77. The number of amides is 2. The van der Waals surface area contributed by atoms with Gasteiger partial charge in [0.1, 0.15) is 6.61 Å². The van der Waals surface area contributed by atoms with Crippen LogP contribution in [0.3, 0.4) is 0 Å². The number of aryl methyl sites for hydroxylation is 1. The van der Waals surface area contributed by atoms with Crippen LogP contribution >= 0.6 is 0 Å². The van der Waals surface area contributed by atoms with E-state index in [4.69, 9.17) is 5.73 Å². The zero-order valence-electron chi connectivity index (χ0n) is 10.7. The number of nitrogens with one attached hydrogen (secondary N) is 1. The SMILES string of the molecule is NC(=O)OCCNC(=O)C[C@H]1CCc2ccccc21. The third kappa shape index (κ3) is 3.71. The van der Waals surface area contributed by atoms with Gasteiger partial charge in [-0.25, -0.2) is 4.79 Å². The van der Waals surface area contributed by atoms with Gasteiger partial charge >= 0.3 is 6.09 Å². The van der Waals surface area contributed by atoms with Crippen LogP contribution in [0.4, 0.5) is 4.79 Å². The molecule has 0 saturated carbocycles. The van der Waals surface area contributed by atoms with Gasteiger partial charge in [-0.1, -0.05) is 24.3 Å². The highest BCUT2D eigenvalue weighted by Crippen LogP contribution is 2.34. The summed E-state index contributed by atoms with van der Waals surface area (Å²) in [5, 5.41) is 2.72. The first-order valence-electron chi connectivity index (χ1n) is 6.43. The topological polar surface area (TPSA) is 81.4 Å². The van der Waals surface area contributed by atoms with Gasteiger partial charge in [-0.3, -0.25) is 4.79 Å². The molecule has 0 aliphatic heterocycles. The average Bonchev–Trinajstić information content (AvgIpc) is 2.78. The van der Waals surface area contributed by atoms with Gasteiger partial charge < -0.3 is 15.8 Å². The van der Waals surface area contributed by atoms with Gasteiger partial charge in [-0.2, -0.15) is 0 Å². The second-order valence-electron chi connectivity index (χ2n) is 4.66. The summed E-state index contributed by atoms with van der Waals surface area (Å²) in [7, 11) is 0. The number of fused-ring (bicyclic) bond motifs is 1. The molecule has 5 nitrogen and oxygen atoms in total. The minimum Gasteiger partial charge on any atom is -0.448 e. The van der Waals surface area contributed by atoms with Crippen LogP contribution in [0.25, 0.3) is 0 Å². The summed E-state index contributed by atoms with van der Waals surface area (Å²) in [5.41, 5.74) is 7.45. The average molecular weight is 262 g/mol. The molecular formula is C14H18N2O3. The number of primary amides is 1. The molecule has 0 aromatic heterocycles. The lowest BCUT2D eigenvalue weighted by atomic mass is 9.97. The Hall–Kier alpha value is -2.04. The number of nitrogens with two attached hydrogens (primary N) is 1. The summed E-state index contributed by atoms with van der Waals surface area (Å²) in [4.78, 5) is 22.1. The van der Waals surface area contributed by atoms with E-state index in [0.717, 1.165) is 12.8 Å². The Morgan fingerprint density at radius 2 is 2.16 bits per heavy atom. The number of ether oxygens (including phenoxy) is 1. The predicted octanol–water partition coefficient (Wildman–Crippen LogP) is 1.32. The van der Waals surface area contributed by atoms with Gasteiger partial charge in [-0.15, -0.1) is 0 Å². The summed E-state index contributed by atoms with van der Waals surface area (Å²) in [5.74, 6) is 0.281. The molecule has 1 aromatic rings. The lowest BCUT2D eigenvalue weighted by Crippen LogP contribution is -2.29. The first-order valence-corrected chi connectivity index (χ1v) is 6.43. The van der Waals surface area contributed by atoms with E-state index in [-0.39, 0.29) is 12.5 Å². The van der Waals surface area contributed by atoms with Gasteiger partial charge in [0, 0.05) is 6.42 Å². The van der Waals surface area contributed by atoms with Gasteiger partial charge in [0.25, 0.3) is 0 Å². The van der Waals surface area contributed by atoms with Crippen LogP contribution in [-0.4, -0.2) is 25.2 Å². The molecule has 0 heterocycles. The monoisotopic (exact) mass is 262 g/mol. The molecule has 0 saturated heterocycles. The molecule has 1 aliphatic rings. The lowest BCUT2D eigenvalue weighted by molar-refractivity contribution is -0.121.